The van der Waals surface area contributed by atoms with Gasteiger partial charge in [0.25, 0.3) is 0 Å². The van der Waals surface area contributed by atoms with E-state index >= 15 is 0 Å². The Balaban J connectivity index is 1.09. The Kier molecular flexibility index (Phi) is 5.28. The molecule has 2 saturated heterocycles. The summed E-state index contributed by atoms with van der Waals surface area (Å²) in [5, 5.41) is 0. The highest BCUT2D eigenvalue weighted by Gasteiger charge is 2.57. The molecule has 2 amide bonds. The largest absolute Gasteiger partial charge is 0.338 e. The van der Waals surface area contributed by atoms with E-state index in [4.69, 9.17) is 0 Å². The lowest BCUT2D eigenvalue weighted by Gasteiger charge is -2.56. The van der Waals surface area contributed by atoms with Crippen molar-refractivity contribution in [3.8, 4) is 0 Å². The van der Waals surface area contributed by atoms with Gasteiger partial charge in [0.2, 0.25) is 11.8 Å². The average Bonchev–Trinajstić information content (AvgIpc) is 3.28. The van der Waals surface area contributed by atoms with Gasteiger partial charge in [0, 0.05) is 39.3 Å². The highest BCUT2D eigenvalue weighted by atomic mass is 16.2. The fourth-order valence-corrected chi connectivity index (χ4v) is 8.12. The molecule has 0 N–H and O–H groups in total. The van der Waals surface area contributed by atoms with Crippen molar-refractivity contribution >= 4 is 11.8 Å². The summed E-state index contributed by atoms with van der Waals surface area (Å²) in [7, 11) is 0. The maximum absolute atomic E-state index is 13.9. The van der Waals surface area contributed by atoms with Crippen molar-refractivity contribution in [2.75, 3.05) is 32.7 Å². The lowest BCUT2D eigenvalue weighted by molar-refractivity contribution is -0.162. The van der Waals surface area contributed by atoms with Crippen LogP contribution in [0.2, 0.25) is 0 Å². The molecule has 2 aliphatic heterocycles. The average molecular weight is 436 g/mol. The van der Waals surface area contributed by atoms with E-state index < -0.39 is 0 Å². The molecule has 0 spiro atoms. The standard InChI is InChI=1S/C27H37N3O2/c31-25(29-11-9-28(10-12-29)19-20-5-2-1-3-6-20)24-7-4-8-30(24)26(32)27-16-21-13-22(17-27)15-23(14-21)18-27/h1-3,5-6,21-24H,4,7-19H2/t21?,22?,23?,24-,27?/m1/s1. The van der Waals surface area contributed by atoms with Crippen LogP contribution in [0.4, 0.5) is 0 Å². The van der Waals surface area contributed by atoms with E-state index in [1.807, 2.05) is 9.80 Å². The number of rotatable bonds is 4. The molecule has 4 bridgehead atoms. The molecule has 6 aliphatic rings. The molecule has 2 heterocycles. The van der Waals surface area contributed by atoms with Crippen molar-refractivity contribution in [1.29, 1.82) is 0 Å². The van der Waals surface area contributed by atoms with Crippen LogP contribution < -0.4 is 0 Å². The van der Waals surface area contributed by atoms with Crippen LogP contribution in [0.3, 0.4) is 0 Å². The first-order chi connectivity index (χ1) is 15.6. The van der Waals surface area contributed by atoms with E-state index in [1.165, 1.54) is 24.8 Å². The Hall–Kier alpha value is -1.88. The number of likely N-dealkylation sites (tertiary alicyclic amines) is 1. The summed E-state index contributed by atoms with van der Waals surface area (Å²) in [5.41, 5.74) is 1.20. The maximum Gasteiger partial charge on any atom is 0.245 e. The Bertz CT molecular complexity index is 826. The molecule has 4 saturated carbocycles. The van der Waals surface area contributed by atoms with Gasteiger partial charge >= 0.3 is 0 Å². The van der Waals surface area contributed by atoms with Crippen molar-refractivity contribution in [2.45, 2.75) is 64.0 Å². The van der Waals surface area contributed by atoms with Gasteiger partial charge in [-0.1, -0.05) is 30.3 Å². The van der Waals surface area contributed by atoms with Crippen LogP contribution in [-0.4, -0.2) is 65.3 Å². The second-order valence-electron chi connectivity index (χ2n) is 11.4. The molecule has 4 aliphatic carbocycles. The van der Waals surface area contributed by atoms with Crippen LogP contribution in [0.15, 0.2) is 30.3 Å². The first kappa shape index (κ1) is 20.7. The highest BCUT2D eigenvalue weighted by Crippen LogP contribution is 2.60. The summed E-state index contributed by atoms with van der Waals surface area (Å²) in [6.07, 6.45) is 9.14. The van der Waals surface area contributed by atoms with Crippen molar-refractivity contribution < 1.29 is 9.59 Å². The smallest absolute Gasteiger partial charge is 0.245 e. The zero-order valence-corrected chi connectivity index (χ0v) is 19.3. The minimum atomic E-state index is -0.212. The molecule has 7 rings (SSSR count). The van der Waals surface area contributed by atoms with E-state index in [9.17, 15) is 9.59 Å². The normalized spacial score (nSPS) is 36.6. The minimum absolute atomic E-state index is 0.133. The van der Waals surface area contributed by atoms with Crippen LogP contribution in [0.25, 0.3) is 0 Å². The number of carbonyl (C=O) groups is 2. The predicted octanol–water partition coefficient (Wildman–Crippen LogP) is 3.54. The number of benzene rings is 1. The van der Waals surface area contributed by atoms with Gasteiger partial charge in [-0.2, -0.15) is 0 Å². The monoisotopic (exact) mass is 435 g/mol. The molecule has 0 unspecified atom stereocenters. The molecule has 172 valence electrons. The first-order valence-electron chi connectivity index (χ1n) is 13.0. The van der Waals surface area contributed by atoms with Gasteiger partial charge in [-0.3, -0.25) is 14.5 Å². The number of carbonyl (C=O) groups excluding carboxylic acids is 2. The molecular formula is C27H37N3O2. The third kappa shape index (κ3) is 3.67. The summed E-state index contributed by atoms with van der Waals surface area (Å²) >= 11 is 0. The molecule has 5 nitrogen and oxygen atoms in total. The SMILES string of the molecule is O=C([C@H]1CCCN1C(=O)C12CC3CC(CC(C3)C1)C2)N1CCN(Cc2ccccc2)CC1. The van der Waals surface area contributed by atoms with Gasteiger partial charge in [-0.25, -0.2) is 0 Å². The van der Waals surface area contributed by atoms with Gasteiger partial charge in [-0.05, 0) is 74.7 Å². The van der Waals surface area contributed by atoms with Crippen molar-refractivity contribution in [1.82, 2.24) is 14.7 Å². The van der Waals surface area contributed by atoms with Gasteiger partial charge in [0.1, 0.15) is 6.04 Å². The highest BCUT2D eigenvalue weighted by molar-refractivity contribution is 5.91. The number of nitrogens with zero attached hydrogens (tertiary/aromatic N) is 3. The third-order valence-corrected chi connectivity index (χ3v) is 9.22. The Morgan fingerprint density at radius 1 is 0.844 bits per heavy atom. The van der Waals surface area contributed by atoms with E-state index in [0.29, 0.717) is 5.91 Å². The summed E-state index contributed by atoms with van der Waals surface area (Å²) < 4.78 is 0. The van der Waals surface area contributed by atoms with Crippen LogP contribution in [0.5, 0.6) is 0 Å². The Morgan fingerprint density at radius 2 is 1.47 bits per heavy atom. The number of amides is 2. The van der Waals surface area contributed by atoms with E-state index in [-0.39, 0.29) is 17.4 Å². The molecule has 1 aromatic rings. The number of hydrogen-bond acceptors (Lipinski definition) is 3. The van der Waals surface area contributed by atoms with Gasteiger partial charge < -0.3 is 9.80 Å². The lowest BCUT2D eigenvalue weighted by atomic mass is 9.49. The van der Waals surface area contributed by atoms with Crippen LogP contribution >= 0.6 is 0 Å². The van der Waals surface area contributed by atoms with Gasteiger partial charge in [-0.15, -0.1) is 0 Å². The third-order valence-electron chi connectivity index (χ3n) is 9.22. The molecule has 0 radical (unpaired) electrons. The first-order valence-corrected chi connectivity index (χ1v) is 13.0. The Labute approximate surface area is 192 Å². The van der Waals surface area contributed by atoms with Crippen LogP contribution in [0.1, 0.15) is 56.9 Å². The van der Waals surface area contributed by atoms with Crippen molar-refractivity contribution in [3.63, 3.8) is 0 Å². The van der Waals surface area contributed by atoms with E-state index in [0.717, 1.165) is 89.1 Å². The summed E-state index contributed by atoms with van der Waals surface area (Å²) in [5.74, 6) is 2.84. The van der Waals surface area contributed by atoms with E-state index in [2.05, 4.69) is 35.2 Å². The zero-order valence-electron chi connectivity index (χ0n) is 19.3. The summed E-state index contributed by atoms with van der Waals surface area (Å²) in [4.78, 5) is 33.9. The molecule has 5 heteroatoms. The van der Waals surface area contributed by atoms with Crippen LogP contribution in [-0.2, 0) is 16.1 Å². The number of piperazine rings is 1. The topological polar surface area (TPSA) is 43.9 Å². The molecule has 1 aromatic carbocycles. The summed E-state index contributed by atoms with van der Waals surface area (Å²) in [6, 6.07) is 10.4. The minimum Gasteiger partial charge on any atom is -0.338 e. The Morgan fingerprint density at radius 3 is 2.09 bits per heavy atom. The van der Waals surface area contributed by atoms with Gasteiger partial charge in [0.15, 0.2) is 0 Å². The molecule has 6 fully saturated rings. The van der Waals surface area contributed by atoms with Crippen molar-refractivity contribution in [3.05, 3.63) is 35.9 Å². The summed E-state index contributed by atoms with van der Waals surface area (Å²) in [6.45, 7) is 5.11. The van der Waals surface area contributed by atoms with Crippen LogP contribution in [0, 0.1) is 23.2 Å². The molecule has 32 heavy (non-hydrogen) atoms. The fraction of sp³-hybridized carbons (Fsp3) is 0.704. The lowest BCUT2D eigenvalue weighted by Crippen LogP contribution is -2.58. The number of hydrogen-bond donors (Lipinski definition) is 0. The van der Waals surface area contributed by atoms with Gasteiger partial charge in [0.05, 0.1) is 5.41 Å². The molecular weight excluding hydrogens is 398 g/mol. The quantitative estimate of drug-likeness (QED) is 0.727. The van der Waals surface area contributed by atoms with Crippen molar-refractivity contribution in [2.24, 2.45) is 23.2 Å². The second-order valence-corrected chi connectivity index (χ2v) is 11.4. The maximum atomic E-state index is 13.9. The molecule has 1 atom stereocenters. The zero-order chi connectivity index (χ0) is 21.7. The molecule has 0 aromatic heterocycles. The fourth-order valence-electron chi connectivity index (χ4n) is 8.12. The predicted molar refractivity (Wildman–Crippen MR) is 124 cm³/mol. The van der Waals surface area contributed by atoms with E-state index in [1.54, 1.807) is 0 Å². The second kappa shape index (κ2) is 8.16.